The Bertz CT molecular complexity index is 734. The number of rotatable bonds is 4. The second-order valence-corrected chi connectivity index (χ2v) is 5.89. The maximum absolute atomic E-state index is 12.2. The number of hydrogen-bond donors (Lipinski definition) is 2. The van der Waals surface area contributed by atoms with Crippen LogP contribution in [-0.2, 0) is 10.0 Å². The number of nitrogen functional groups attached to an aromatic ring is 1. The summed E-state index contributed by atoms with van der Waals surface area (Å²) in [6.45, 7) is 0. The van der Waals surface area contributed by atoms with Gasteiger partial charge in [0.05, 0.1) is 23.4 Å². The zero-order valence-electron chi connectivity index (χ0n) is 10.5. The number of methoxy groups -OCH3 is 1. The number of nitrogens with two attached hydrogens (primary N) is 1. The van der Waals surface area contributed by atoms with Crippen molar-refractivity contribution in [2.24, 2.45) is 0 Å². The number of hydrogen-bond acceptors (Lipinski definition) is 5. The summed E-state index contributed by atoms with van der Waals surface area (Å²) in [4.78, 5) is 3.82. The van der Waals surface area contributed by atoms with E-state index in [0.29, 0.717) is 5.69 Å². The molecule has 20 heavy (non-hydrogen) atoms. The standard InChI is InChI=1S/C12H12ClN3O3S/c1-19-11-7-8(4-5-9(11)14)20(17,18)16-10-3-2-6-15-12(10)13/h2-7,16H,14H2,1H3. The highest BCUT2D eigenvalue weighted by Gasteiger charge is 2.17. The van der Waals surface area contributed by atoms with Crippen LogP contribution in [0.2, 0.25) is 5.15 Å². The van der Waals surface area contributed by atoms with Gasteiger partial charge in [-0.2, -0.15) is 0 Å². The summed E-state index contributed by atoms with van der Waals surface area (Å²) in [7, 11) is -2.38. The van der Waals surface area contributed by atoms with E-state index in [0.717, 1.165) is 0 Å². The molecule has 0 radical (unpaired) electrons. The monoisotopic (exact) mass is 313 g/mol. The molecular formula is C12H12ClN3O3S. The molecule has 0 aliphatic rings. The molecule has 0 fully saturated rings. The van der Waals surface area contributed by atoms with Crippen molar-refractivity contribution < 1.29 is 13.2 Å². The zero-order chi connectivity index (χ0) is 14.8. The molecule has 1 aromatic heterocycles. The number of anilines is 2. The Kier molecular flexibility index (Phi) is 4.01. The quantitative estimate of drug-likeness (QED) is 0.666. The van der Waals surface area contributed by atoms with Gasteiger partial charge in [-0.3, -0.25) is 4.72 Å². The van der Waals surface area contributed by atoms with Gasteiger partial charge in [-0.25, -0.2) is 13.4 Å². The Hall–Kier alpha value is -1.99. The van der Waals surface area contributed by atoms with Crippen LogP contribution in [0.3, 0.4) is 0 Å². The first-order valence-electron chi connectivity index (χ1n) is 5.51. The summed E-state index contributed by atoms with van der Waals surface area (Å²) in [6, 6.07) is 7.26. The fraction of sp³-hybridized carbons (Fsp3) is 0.0833. The van der Waals surface area contributed by atoms with Gasteiger partial charge in [-0.15, -0.1) is 0 Å². The molecule has 1 heterocycles. The van der Waals surface area contributed by atoms with Crippen molar-refractivity contribution in [1.29, 1.82) is 0 Å². The topological polar surface area (TPSA) is 94.3 Å². The number of sulfonamides is 1. The fourth-order valence-electron chi connectivity index (χ4n) is 1.52. The van der Waals surface area contributed by atoms with E-state index >= 15 is 0 Å². The Morgan fingerprint density at radius 1 is 1.35 bits per heavy atom. The van der Waals surface area contributed by atoms with Crippen molar-refractivity contribution in [3.63, 3.8) is 0 Å². The molecule has 0 bridgehead atoms. The van der Waals surface area contributed by atoms with Gasteiger partial charge in [0.1, 0.15) is 5.75 Å². The number of halogens is 1. The highest BCUT2D eigenvalue weighted by atomic mass is 35.5. The molecule has 0 saturated carbocycles. The van der Waals surface area contributed by atoms with Crippen molar-refractivity contribution in [3.05, 3.63) is 41.7 Å². The van der Waals surface area contributed by atoms with Crippen LogP contribution in [0.5, 0.6) is 5.75 Å². The fourth-order valence-corrected chi connectivity index (χ4v) is 2.83. The van der Waals surface area contributed by atoms with Crippen molar-refractivity contribution in [1.82, 2.24) is 4.98 Å². The number of benzene rings is 1. The van der Waals surface area contributed by atoms with E-state index in [1.807, 2.05) is 0 Å². The van der Waals surface area contributed by atoms with Crippen LogP contribution in [0.1, 0.15) is 0 Å². The predicted octanol–water partition coefficient (Wildman–Crippen LogP) is 2.13. The Labute approximate surface area is 121 Å². The molecular weight excluding hydrogens is 302 g/mol. The third-order valence-corrected chi connectivity index (χ3v) is 4.18. The molecule has 3 N–H and O–H groups in total. The normalized spacial score (nSPS) is 11.1. The van der Waals surface area contributed by atoms with Gasteiger partial charge in [0.25, 0.3) is 10.0 Å². The van der Waals surface area contributed by atoms with Crippen LogP contribution in [-0.4, -0.2) is 20.5 Å². The molecule has 106 valence electrons. The summed E-state index contributed by atoms with van der Waals surface area (Å²) >= 11 is 5.82. The number of pyridine rings is 1. The number of ether oxygens (including phenoxy) is 1. The second-order valence-electron chi connectivity index (χ2n) is 3.85. The molecule has 0 amide bonds. The predicted molar refractivity (Wildman–Crippen MR) is 77.5 cm³/mol. The number of aromatic nitrogens is 1. The zero-order valence-corrected chi connectivity index (χ0v) is 12.1. The molecule has 0 saturated heterocycles. The average Bonchev–Trinajstić information content (AvgIpc) is 2.41. The van der Waals surface area contributed by atoms with E-state index in [2.05, 4.69) is 9.71 Å². The third kappa shape index (κ3) is 2.94. The molecule has 0 aliphatic heterocycles. The first-order valence-corrected chi connectivity index (χ1v) is 7.37. The summed E-state index contributed by atoms with van der Waals surface area (Å²) in [6.07, 6.45) is 1.46. The minimum absolute atomic E-state index is 0.0171. The van der Waals surface area contributed by atoms with Gasteiger partial charge in [-0.05, 0) is 24.3 Å². The minimum Gasteiger partial charge on any atom is -0.495 e. The van der Waals surface area contributed by atoms with Crippen LogP contribution < -0.4 is 15.2 Å². The molecule has 0 unspecified atom stereocenters. The second kappa shape index (κ2) is 5.56. The van der Waals surface area contributed by atoms with Crippen molar-refractivity contribution >= 4 is 33.0 Å². The number of nitrogens with zero attached hydrogens (tertiary/aromatic N) is 1. The number of nitrogens with one attached hydrogen (secondary N) is 1. The molecule has 8 heteroatoms. The summed E-state index contributed by atoms with van der Waals surface area (Å²) in [5.41, 5.74) is 6.20. The molecule has 2 aromatic rings. The molecule has 0 spiro atoms. The first-order chi connectivity index (χ1) is 9.44. The third-order valence-electron chi connectivity index (χ3n) is 2.52. The van der Waals surface area contributed by atoms with Crippen LogP contribution in [0.4, 0.5) is 11.4 Å². The first kappa shape index (κ1) is 14.4. The van der Waals surface area contributed by atoms with Gasteiger partial charge in [0.15, 0.2) is 5.15 Å². The van der Waals surface area contributed by atoms with E-state index in [4.69, 9.17) is 22.1 Å². The van der Waals surface area contributed by atoms with Crippen LogP contribution in [0.25, 0.3) is 0 Å². The molecule has 0 atom stereocenters. The van der Waals surface area contributed by atoms with Crippen LogP contribution >= 0.6 is 11.6 Å². The van der Waals surface area contributed by atoms with Crippen molar-refractivity contribution in [2.75, 3.05) is 17.6 Å². The van der Waals surface area contributed by atoms with Crippen molar-refractivity contribution in [2.45, 2.75) is 4.90 Å². The largest absolute Gasteiger partial charge is 0.495 e. The van der Waals surface area contributed by atoms with E-state index in [1.54, 1.807) is 6.07 Å². The average molecular weight is 314 g/mol. The van der Waals surface area contributed by atoms with Gasteiger partial charge < -0.3 is 10.5 Å². The van der Waals surface area contributed by atoms with Crippen LogP contribution in [0.15, 0.2) is 41.4 Å². The Morgan fingerprint density at radius 2 is 2.10 bits per heavy atom. The van der Waals surface area contributed by atoms with Crippen LogP contribution in [0, 0.1) is 0 Å². The highest BCUT2D eigenvalue weighted by molar-refractivity contribution is 7.92. The van der Waals surface area contributed by atoms with E-state index in [-0.39, 0.29) is 21.5 Å². The maximum atomic E-state index is 12.2. The van der Waals surface area contributed by atoms with Gasteiger partial charge in [-0.1, -0.05) is 11.6 Å². The lowest BCUT2D eigenvalue weighted by atomic mass is 10.3. The lowest BCUT2D eigenvalue weighted by Crippen LogP contribution is -2.13. The SMILES string of the molecule is COc1cc(S(=O)(=O)Nc2cccnc2Cl)ccc1N. The van der Waals surface area contributed by atoms with E-state index < -0.39 is 10.0 Å². The molecule has 6 nitrogen and oxygen atoms in total. The van der Waals surface area contributed by atoms with Gasteiger partial charge in [0.2, 0.25) is 0 Å². The van der Waals surface area contributed by atoms with E-state index in [1.165, 1.54) is 37.6 Å². The molecule has 2 rings (SSSR count). The van der Waals surface area contributed by atoms with Crippen molar-refractivity contribution in [3.8, 4) is 5.75 Å². The maximum Gasteiger partial charge on any atom is 0.262 e. The van der Waals surface area contributed by atoms with Gasteiger partial charge >= 0.3 is 0 Å². The summed E-state index contributed by atoms with van der Waals surface area (Å²) in [5, 5.41) is 0.0680. The Morgan fingerprint density at radius 3 is 2.75 bits per heavy atom. The molecule has 0 aliphatic carbocycles. The highest BCUT2D eigenvalue weighted by Crippen LogP contribution is 2.27. The summed E-state index contributed by atoms with van der Waals surface area (Å²) in [5.74, 6) is 0.283. The lowest BCUT2D eigenvalue weighted by Gasteiger charge is -2.11. The van der Waals surface area contributed by atoms with E-state index in [9.17, 15) is 8.42 Å². The Balaban J connectivity index is 2.38. The van der Waals surface area contributed by atoms with Gasteiger partial charge in [0, 0.05) is 12.3 Å². The smallest absolute Gasteiger partial charge is 0.262 e. The summed E-state index contributed by atoms with van der Waals surface area (Å²) < 4.78 is 31.8. The lowest BCUT2D eigenvalue weighted by molar-refractivity contribution is 0.415. The minimum atomic E-state index is -3.80. The molecule has 1 aromatic carbocycles.